The molecule has 2 N–H and O–H groups in total. The summed E-state index contributed by atoms with van der Waals surface area (Å²) in [4.78, 5) is 11.0. The number of Topliss-reactive ketones (excluding diaryl/α,β-unsaturated/α-hetero) is 1. The maximum Gasteiger partial charge on any atom is 0.176 e. The van der Waals surface area contributed by atoms with Gasteiger partial charge in [-0.15, -0.1) is 0 Å². The van der Waals surface area contributed by atoms with Gasteiger partial charge in [-0.1, -0.05) is 28.1 Å². The van der Waals surface area contributed by atoms with E-state index in [9.17, 15) is 4.79 Å². The second-order valence-corrected chi connectivity index (χ2v) is 3.05. The Labute approximate surface area is 90.0 Å². The Morgan fingerprint density at radius 3 is 2.25 bits per heavy atom. The first-order valence-corrected chi connectivity index (χ1v) is 4.02. The van der Waals surface area contributed by atoms with Crippen LogP contribution < -0.4 is 22.7 Å². The van der Waals surface area contributed by atoms with Crippen LogP contribution in [0.4, 0.5) is 0 Å². The summed E-state index contributed by atoms with van der Waals surface area (Å²) in [5.41, 5.74) is 5.84. The third-order valence-electron chi connectivity index (χ3n) is 1.35. The van der Waals surface area contributed by atoms with Crippen LogP contribution in [0, 0.1) is 0 Å². The number of carbonyl (C=O) groups is 1. The SMILES string of the molecule is NCC(=O)c1ccc(Br)cc1.[Br-]. The molecule has 12 heavy (non-hydrogen) atoms. The zero-order valence-electron chi connectivity index (χ0n) is 6.26. The molecule has 0 bridgehead atoms. The maximum atomic E-state index is 11.0. The third-order valence-corrected chi connectivity index (χ3v) is 1.88. The van der Waals surface area contributed by atoms with Crippen molar-refractivity contribution in [3.05, 3.63) is 34.3 Å². The Kier molecular flexibility index (Phi) is 5.37. The summed E-state index contributed by atoms with van der Waals surface area (Å²) < 4.78 is 0.964. The minimum absolute atomic E-state index is 0. The molecule has 66 valence electrons. The van der Waals surface area contributed by atoms with E-state index in [-0.39, 0.29) is 29.3 Å². The lowest BCUT2D eigenvalue weighted by Gasteiger charge is -1.96. The highest BCUT2D eigenvalue weighted by atomic mass is 79.9. The molecule has 0 atom stereocenters. The normalized spacial score (nSPS) is 8.83. The molecule has 0 amide bonds. The highest BCUT2D eigenvalue weighted by Gasteiger charge is 2.00. The third kappa shape index (κ3) is 3.05. The van der Waals surface area contributed by atoms with Gasteiger partial charge in [0.1, 0.15) is 0 Å². The van der Waals surface area contributed by atoms with Crippen molar-refractivity contribution in [2.24, 2.45) is 5.73 Å². The molecular formula is C8H8Br2NO-. The predicted molar refractivity (Wildman–Crippen MR) is 47.5 cm³/mol. The Morgan fingerprint density at radius 2 is 1.83 bits per heavy atom. The Morgan fingerprint density at radius 1 is 1.33 bits per heavy atom. The summed E-state index contributed by atoms with van der Waals surface area (Å²) in [6.45, 7) is 0.0711. The molecule has 0 aliphatic heterocycles. The van der Waals surface area contributed by atoms with E-state index in [1.807, 2.05) is 12.1 Å². The summed E-state index contributed by atoms with van der Waals surface area (Å²) in [6, 6.07) is 7.14. The van der Waals surface area contributed by atoms with Crippen LogP contribution in [-0.2, 0) is 0 Å². The first kappa shape index (κ1) is 11.8. The fourth-order valence-electron chi connectivity index (χ4n) is 0.754. The minimum atomic E-state index is -0.0301. The van der Waals surface area contributed by atoms with Gasteiger partial charge in [-0.25, -0.2) is 0 Å². The van der Waals surface area contributed by atoms with Gasteiger partial charge in [0, 0.05) is 10.0 Å². The zero-order chi connectivity index (χ0) is 8.27. The molecule has 0 heterocycles. The summed E-state index contributed by atoms with van der Waals surface area (Å²) in [5.74, 6) is -0.0301. The maximum absolute atomic E-state index is 11.0. The fourth-order valence-corrected chi connectivity index (χ4v) is 1.02. The van der Waals surface area contributed by atoms with E-state index in [4.69, 9.17) is 5.73 Å². The Balaban J connectivity index is 0.00000121. The molecule has 0 saturated carbocycles. The van der Waals surface area contributed by atoms with Crippen molar-refractivity contribution in [1.82, 2.24) is 0 Å². The lowest BCUT2D eigenvalue weighted by molar-refractivity contribution is -0.00000978. The summed E-state index contributed by atoms with van der Waals surface area (Å²) in [6.07, 6.45) is 0. The highest BCUT2D eigenvalue weighted by molar-refractivity contribution is 9.10. The second-order valence-electron chi connectivity index (χ2n) is 2.13. The van der Waals surface area contributed by atoms with E-state index in [1.165, 1.54) is 0 Å². The van der Waals surface area contributed by atoms with Gasteiger partial charge in [0.2, 0.25) is 0 Å². The minimum Gasteiger partial charge on any atom is -1.00 e. The zero-order valence-corrected chi connectivity index (χ0v) is 9.43. The van der Waals surface area contributed by atoms with E-state index in [0.29, 0.717) is 5.56 Å². The largest absolute Gasteiger partial charge is 1.00 e. The quantitative estimate of drug-likeness (QED) is 0.681. The van der Waals surface area contributed by atoms with Crippen LogP contribution in [0.15, 0.2) is 28.7 Å². The number of hydrogen-bond donors (Lipinski definition) is 1. The molecule has 0 spiro atoms. The van der Waals surface area contributed by atoms with Gasteiger partial charge >= 0.3 is 0 Å². The van der Waals surface area contributed by atoms with Crippen LogP contribution in [0.2, 0.25) is 0 Å². The van der Waals surface area contributed by atoms with Gasteiger partial charge in [-0.2, -0.15) is 0 Å². The lowest BCUT2D eigenvalue weighted by Crippen LogP contribution is -3.00. The standard InChI is InChI=1S/C8H8BrNO.BrH/c9-7-3-1-6(2-4-7)8(11)5-10;/h1-4H,5,10H2;1H/p-1. The van der Waals surface area contributed by atoms with E-state index < -0.39 is 0 Å². The van der Waals surface area contributed by atoms with Crippen LogP contribution in [0.25, 0.3) is 0 Å². The van der Waals surface area contributed by atoms with Gasteiger partial charge in [-0.05, 0) is 12.1 Å². The van der Waals surface area contributed by atoms with E-state index in [2.05, 4.69) is 15.9 Å². The van der Waals surface area contributed by atoms with Crippen molar-refractivity contribution in [2.75, 3.05) is 6.54 Å². The fraction of sp³-hybridized carbons (Fsp3) is 0.125. The summed E-state index contributed by atoms with van der Waals surface area (Å²) in [5, 5.41) is 0. The number of hydrogen-bond acceptors (Lipinski definition) is 2. The number of benzene rings is 1. The summed E-state index contributed by atoms with van der Waals surface area (Å²) in [7, 11) is 0. The summed E-state index contributed by atoms with van der Waals surface area (Å²) >= 11 is 3.27. The second kappa shape index (κ2) is 5.45. The molecule has 0 radical (unpaired) electrons. The van der Waals surface area contributed by atoms with Crippen molar-refractivity contribution in [1.29, 1.82) is 0 Å². The average Bonchev–Trinajstić information content (AvgIpc) is 2.05. The molecule has 0 aromatic heterocycles. The van der Waals surface area contributed by atoms with Gasteiger partial charge in [0.25, 0.3) is 0 Å². The smallest absolute Gasteiger partial charge is 0.176 e. The number of nitrogens with two attached hydrogens (primary N) is 1. The molecule has 4 heteroatoms. The molecular weight excluding hydrogens is 286 g/mol. The first-order chi connectivity index (χ1) is 5.24. The molecule has 1 rings (SSSR count). The molecule has 0 fully saturated rings. The molecule has 0 unspecified atom stereocenters. The van der Waals surface area contributed by atoms with Crippen LogP contribution in [0.3, 0.4) is 0 Å². The Bertz CT molecular complexity index is 258. The van der Waals surface area contributed by atoms with E-state index >= 15 is 0 Å². The molecule has 1 aromatic carbocycles. The lowest BCUT2D eigenvalue weighted by atomic mass is 10.1. The van der Waals surface area contributed by atoms with Crippen LogP contribution in [0.1, 0.15) is 10.4 Å². The topological polar surface area (TPSA) is 43.1 Å². The molecule has 0 aliphatic carbocycles. The van der Waals surface area contributed by atoms with Gasteiger partial charge in [0.15, 0.2) is 5.78 Å². The van der Waals surface area contributed by atoms with Crippen molar-refractivity contribution < 1.29 is 21.8 Å². The van der Waals surface area contributed by atoms with Crippen molar-refractivity contribution in [2.45, 2.75) is 0 Å². The highest BCUT2D eigenvalue weighted by Crippen LogP contribution is 2.10. The number of carbonyl (C=O) groups excluding carboxylic acids is 1. The molecule has 1 aromatic rings. The number of halogens is 2. The van der Waals surface area contributed by atoms with Crippen molar-refractivity contribution >= 4 is 21.7 Å². The first-order valence-electron chi connectivity index (χ1n) is 3.23. The van der Waals surface area contributed by atoms with Crippen LogP contribution >= 0.6 is 15.9 Å². The van der Waals surface area contributed by atoms with Crippen molar-refractivity contribution in [3.63, 3.8) is 0 Å². The van der Waals surface area contributed by atoms with Gasteiger partial charge in [-0.3, -0.25) is 4.79 Å². The van der Waals surface area contributed by atoms with Gasteiger partial charge in [0.05, 0.1) is 6.54 Å². The predicted octanol–water partition coefficient (Wildman–Crippen LogP) is -1.41. The van der Waals surface area contributed by atoms with Gasteiger partial charge < -0.3 is 22.7 Å². The molecule has 0 aliphatic rings. The van der Waals surface area contributed by atoms with E-state index in [0.717, 1.165) is 4.47 Å². The van der Waals surface area contributed by atoms with Crippen LogP contribution in [-0.4, -0.2) is 12.3 Å². The average molecular weight is 294 g/mol. The molecule has 2 nitrogen and oxygen atoms in total. The number of ketones is 1. The van der Waals surface area contributed by atoms with Crippen molar-refractivity contribution in [3.8, 4) is 0 Å². The molecule has 0 saturated heterocycles. The van der Waals surface area contributed by atoms with E-state index in [1.54, 1.807) is 12.1 Å². The van der Waals surface area contributed by atoms with Crippen LogP contribution in [0.5, 0.6) is 0 Å². The monoisotopic (exact) mass is 292 g/mol. The Hall–Kier alpha value is -0.190. The number of rotatable bonds is 2.